The number of hydrogen-bond acceptors (Lipinski definition) is 2. The molecule has 1 aliphatic carbocycles. The smallest absolute Gasteiger partial charge is 0.306 e. The zero-order valence-electron chi connectivity index (χ0n) is 13.3. The predicted octanol–water partition coefficient (Wildman–Crippen LogP) is 4.23. The van der Waals surface area contributed by atoms with Gasteiger partial charge in [-0.3, -0.25) is 9.59 Å². The number of rotatable bonds is 5. The second-order valence-corrected chi connectivity index (χ2v) is 7.17. The molecule has 1 aromatic rings. The minimum absolute atomic E-state index is 0.0230. The Balaban J connectivity index is 2.10. The standard InChI is InChI=1S/C17H21Cl2NO3/c1-10(2)20(9-11-3-6-14(18)15(19)7-11)16(21)12-4-5-13(8-12)17(22)23/h3,6-7,10,12-13H,4-5,8-9H2,1-2H3,(H,22,23)/t12-,13+/m1/s1. The fraction of sp³-hybridized carbons (Fsp3) is 0.529. The highest BCUT2D eigenvalue weighted by molar-refractivity contribution is 6.42. The van der Waals surface area contributed by atoms with Crippen molar-refractivity contribution in [3.05, 3.63) is 33.8 Å². The Morgan fingerprint density at radius 1 is 1.22 bits per heavy atom. The summed E-state index contributed by atoms with van der Waals surface area (Å²) < 4.78 is 0. The molecule has 1 aliphatic rings. The molecule has 1 saturated carbocycles. The largest absolute Gasteiger partial charge is 0.481 e. The lowest BCUT2D eigenvalue weighted by atomic mass is 10.0. The summed E-state index contributed by atoms with van der Waals surface area (Å²) in [5, 5.41) is 10.0. The first-order valence-corrected chi connectivity index (χ1v) is 8.52. The molecule has 0 aliphatic heterocycles. The van der Waals surface area contributed by atoms with Crippen LogP contribution in [0.1, 0.15) is 38.7 Å². The maximum absolute atomic E-state index is 12.8. The van der Waals surface area contributed by atoms with Crippen molar-refractivity contribution >= 4 is 35.1 Å². The molecule has 1 fully saturated rings. The van der Waals surface area contributed by atoms with Gasteiger partial charge in [-0.25, -0.2) is 0 Å². The van der Waals surface area contributed by atoms with Gasteiger partial charge in [-0.2, -0.15) is 0 Å². The van der Waals surface area contributed by atoms with E-state index in [1.165, 1.54) is 0 Å². The average molecular weight is 358 g/mol. The van der Waals surface area contributed by atoms with E-state index in [-0.39, 0.29) is 17.9 Å². The molecule has 2 rings (SSSR count). The quantitative estimate of drug-likeness (QED) is 0.857. The van der Waals surface area contributed by atoms with Gasteiger partial charge in [0.15, 0.2) is 0 Å². The number of carbonyl (C=O) groups excluding carboxylic acids is 1. The van der Waals surface area contributed by atoms with Gasteiger partial charge in [0.1, 0.15) is 0 Å². The molecule has 0 radical (unpaired) electrons. The first-order valence-electron chi connectivity index (χ1n) is 7.76. The third-order valence-electron chi connectivity index (χ3n) is 4.37. The molecule has 0 unspecified atom stereocenters. The molecular weight excluding hydrogens is 337 g/mol. The van der Waals surface area contributed by atoms with E-state index in [9.17, 15) is 9.59 Å². The molecular formula is C17H21Cl2NO3. The lowest BCUT2D eigenvalue weighted by molar-refractivity contribution is -0.142. The first kappa shape index (κ1) is 18.1. The number of hydrogen-bond donors (Lipinski definition) is 1. The van der Waals surface area contributed by atoms with Crippen LogP contribution in [-0.2, 0) is 16.1 Å². The first-order chi connectivity index (χ1) is 10.8. The normalized spacial score (nSPS) is 20.7. The predicted molar refractivity (Wildman–Crippen MR) is 90.6 cm³/mol. The van der Waals surface area contributed by atoms with Crippen LogP contribution in [0, 0.1) is 11.8 Å². The number of carboxylic acids is 1. The summed E-state index contributed by atoms with van der Waals surface area (Å²) in [6.07, 6.45) is 1.64. The van der Waals surface area contributed by atoms with Gasteiger partial charge in [0, 0.05) is 18.5 Å². The maximum atomic E-state index is 12.8. The van der Waals surface area contributed by atoms with Gasteiger partial charge < -0.3 is 10.0 Å². The van der Waals surface area contributed by atoms with E-state index >= 15 is 0 Å². The molecule has 23 heavy (non-hydrogen) atoms. The van der Waals surface area contributed by atoms with E-state index < -0.39 is 11.9 Å². The zero-order valence-corrected chi connectivity index (χ0v) is 14.8. The van der Waals surface area contributed by atoms with Crippen molar-refractivity contribution in [1.29, 1.82) is 0 Å². The van der Waals surface area contributed by atoms with Crippen LogP contribution in [0.3, 0.4) is 0 Å². The summed E-state index contributed by atoms with van der Waals surface area (Å²) in [6, 6.07) is 5.37. The molecule has 0 bridgehead atoms. The summed E-state index contributed by atoms with van der Waals surface area (Å²) in [5.41, 5.74) is 0.911. The second kappa shape index (κ2) is 7.54. The summed E-state index contributed by atoms with van der Waals surface area (Å²) in [4.78, 5) is 25.7. The molecule has 126 valence electrons. The Morgan fingerprint density at radius 3 is 2.39 bits per heavy atom. The van der Waals surface area contributed by atoms with Gasteiger partial charge in [-0.1, -0.05) is 29.3 Å². The summed E-state index contributed by atoms with van der Waals surface area (Å²) >= 11 is 12.0. The molecule has 0 spiro atoms. The number of benzene rings is 1. The minimum atomic E-state index is -0.805. The SMILES string of the molecule is CC(C)N(Cc1ccc(Cl)c(Cl)c1)C(=O)[C@@H]1CC[C@H](C(=O)O)C1. The Bertz CT molecular complexity index is 604. The van der Waals surface area contributed by atoms with Gasteiger partial charge in [0.25, 0.3) is 0 Å². The highest BCUT2D eigenvalue weighted by atomic mass is 35.5. The fourth-order valence-corrected chi connectivity index (χ4v) is 3.33. The van der Waals surface area contributed by atoms with E-state index in [4.69, 9.17) is 28.3 Å². The van der Waals surface area contributed by atoms with Crippen LogP contribution in [0.2, 0.25) is 10.0 Å². The molecule has 1 amide bonds. The lowest BCUT2D eigenvalue weighted by Crippen LogP contribution is -2.40. The van der Waals surface area contributed by atoms with Crippen molar-refractivity contribution in [2.75, 3.05) is 0 Å². The van der Waals surface area contributed by atoms with Gasteiger partial charge in [-0.15, -0.1) is 0 Å². The Morgan fingerprint density at radius 2 is 1.87 bits per heavy atom. The fourth-order valence-electron chi connectivity index (χ4n) is 3.01. The highest BCUT2D eigenvalue weighted by Crippen LogP contribution is 2.33. The van der Waals surface area contributed by atoms with Crippen LogP contribution in [0.25, 0.3) is 0 Å². The monoisotopic (exact) mass is 357 g/mol. The van der Waals surface area contributed by atoms with Gasteiger partial charge in [0.05, 0.1) is 16.0 Å². The Labute approximate surface area is 146 Å². The molecule has 6 heteroatoms. The number of nitrogens with zero attached hydrogens (tertiary/aromatic N) is 1. The van der Waals surface area contributed by atoms with E-state index in [2.05, 4.69) is 0 Å². The summed E-state index contributed by atoms with van der Waals surface area (Å²) in [6.45, 7) is 4.36. The van der Waals surface area contributed by atoms with Crippen LogP contribution >= 0.6 is 23.2 Å². The van der Waals surface area contributed by atoms with Crippen molar-refractivity contribution in [3.8, 4) is 0 Å². The third kappa shape index (κ3) is 4.39. The number of carboxylic acid groups (broad SMARTS) is 1. The summed E-state index contributed by atoms with van der Waals surface area (Å²) in [5.74, 6) is -1.39. The van der Waals surface area contributed by atoms with Crippen LogP contribution in [0.5, 0.6) is 0 Å². The van der Waals surface area contributed by atoms with Crippen LogP contribution in [-0.4, -0.2) is 27.9 Å². The molecule has 0 saturated heterocycles. The molecule has 2 atom stereocenters. The molecule has 1 N–H and O–H groups in total. The van der Waals surface area contributed by atoms with Gasteiger partial charge >= 0.3 is 5.97 Å². The Hall–Kier alpha value is -1.26. The molecule has 1 aromatic carbocycles. The number of amides is 1. The average Bonchev–Trinajstić information content (AvgIpc) is 2.97. The van der Waals surface area contributed by atoms with E-state index in [0.717, 1.165) is 5.56 Å². The van der Waals surface area contributed by atoms with E-state index in [1.54, 1.807) is 17.0 Å². The number of halogens is 2. The van der Waals surface area contributed by atoms with Crippen LogP contribution < -0.4 is 0 Å². The number of aliphatic carboxylic acids is 1. The maximum Gasteiger partial charge on any atom is 0.306 e. The van der Waals surface area contributed by atoms with Gasteiger partial charge in [-0.05, 0) is 50.8 Å². The van der Waals surface area contributed by atoms with Crippen molar-refractivity contribution < 1.29 is 14.7 Å². The molecule has 0 heterocycles. The summed E-state index contributed by atoms with van der Waals surface area (Å²) in [7, 11) is 0. The van der Waals surface area contributed by atoms with Crippen molar-refractivity contribution in [3.63, 3.8) is 0 Å². The van der Waals surface area contributed by atoms with E-state index in [0.29, 0.717) is 35.9 Å². The Kier molecular flexibility index (Phi) is 5.93. The second-order valence-electron chi connectivity index (χ2n) is 6.35. The van der Waals surface area contributed by atoms with Gasteiger partial charge in [0.2, 0.25) is 5.91 Å². The topological polar surface area (TPSA) is 57.6 Å². The van der Waals surface area contributed by atoms with E-state index in [1.807, 2.05) is 19.9 Å². The zero-order chi connectivity index (χ0) is 17.1. The lowest BCUT2D eigenvalue weighted by Gasteiger charge is -2.29. The minimum Gasteiger partial charge on any atom is -0.481 e. The van der Waals surface area contributed by atoms with Crippen LogP contribution in [0.4, 0.5) is 0 Å². The third-order valence-corrected chi connectivity index (χ3v) is 5.11. The van der Waals surface area contributed by atoms with Crippen molar-refractivity contribution in [2.45, 2.75) is 45.7 Å². The van der Waals surface area contributed by atoms with Crippen LogP contribution in [0.15, 0.2) is 18.2 Å². The molecule has 4 nitrogen and oxygen atoms in total. The van der Waals surface area contributed by atoms with Crippen molar-refractivity contribution in [1.82, 2.24) is 4.90 Å². The highest BCUT2D eigenvalue weighted by Gasteiger charge is 2.36. The molecule has 0 aromatic heterocycles. The number of carbonyl (C=O) groups is 2. The van der Waals surface area contributed by atoms with Crippen molar-refractivity contribution in [2.24, 2.45) is 11.8 Å².